The summed E-state index contributed by atoms with van der Waals surface area (Å²) >= 11 is 1.63. The van der Waals surface area contributed by atoms with Crippen LogP contribution in [0, 0.1) is 0 Å². The average Bonchev–Trinajstić information content (AvgIpc) is 2.18. The van der Waals surface area contributed by atoms with E-state index in [-0.39, 0.29) is 5.91 Å². The van der Waals surface area contributed by atoms with Gasteiger partial charge in [0.25, 0.3) is 5.91 Å². The Morgan fingerprint density at radius 3 is 2.85 bits per heavy atom. The lowest BCUT2D eigenvalue weighted by Gasteiger charge is -2.05. The van der Waals surface area contributed by atoms with Gasteiger partial charge in [-0.15, -0.1) is 11.8 Å². The summed E-state index contributed by atoms with van der Waals surface area (Å²) < 4.78 is 0. The summed E-state index contributed by atoms with van der Waals surface area (Å²) in [4.78, 5) is 12.2. The number of thioether (sulfide) groups is 1. The van der Waals surface area contributed by atoms with Crippen LogP contribution in [0.1, 0.15) is 17.3 Å². The maximum Gasteiger partial charge on any atom is 0.266 e. The lowest BCUT2D eigenvalue weighted by molar-refractivity contribution is 0.0951. The van der Waals surface area contributed by atoms with E-state index in [4.69, 9.17) is 5.84 Å². The molecule has 70 valence electrons. The summed E-state index contributed by atoms with van der Waals surface area (Å²) in [6.07, 6.45) is 0. The van der Waals surface area contributed by atoms with Gasteiger partial charge in [0, 0.05) is 4.90 Å². The molecule has 0 saturated carbocycles. The van der Waals surface area contributed by atoms with Gasteiger partial charge < -0.3 is 0 Å². The lowest BCUT2D eigenvalue weighted by Crippen LogP contribution is -2.30. The summed E-state index contributed by atoms with van der Waals surface area (Å²) in [5.41, 5.74) is 2.76. The van der Waals surface area contributed by atoms with Gasteiger partial charge in [-0.25, -0.2) is 5.84 Å². The van der Waals surface area contributed by atoms with Gasteiger partial charge in [-0.3, -0.25) is 10.2 Å². The van der Waals surface area contributed by atoms with Gasteiger partial charge in [-0.05, 0) is 17.9 Å². The van der Waals surface area contributed by atoms with Crippen molar-refractivity contribution in [2.45, 2.75) is 11.8 Å². The fraction of sp³-hybridized carbons (Fsp3) is 0.222. The molecule has 0 aliphatic heterocycles. The highest BCUT2D eigenvalue weighted by molar-refractivity contribution is 7.99. The van der Waals surface area contributed by atoms with Crippen LogP contribution in [0.4, 0.5) is 0 Å². The average molecular weight is 196 g/mol. The van der Waals surface area contributed by atoms with Crippen molar-refractivity contribution < 1.29 is 4.79 Å². The standard InChI is InChI=1S/C9H12N2OS/c1-2-13-8-6-4-3-5-7(8)9(12)11-10/h3-6H,2,10H2,1H3,(H,11,12). The molecule has 0 spiro atoms. The number of hydrogen-bond donors (Lipinski definition) is 2. The molecule has 3 nitrogen and oxygen atoms in total. The predicted octanol–water partition coefficient (Wildman–Crippen LogP) is 1.40. The topological polar surface area (TPSA) is 55.1 Å². The van der Waals surface area contributed by atoms with Crippen molar-refractivity contribution in [3.63, 3.8) is 0 Å². The zero-order chi connectivity index (χ0) is 9.68. The van der Waals surface area contributed by atoms with E-state index in [9.17, 15) is 4.79 Å². The molecule has 0 unspecified atom stereocenters. The van der Waals surface area contributed by atoms with Gasteiger partial charge in [-0.2, -0.15) is 0 Å². The number of carbonyl (C=O) groups excluding carboxylic acids is 1. The Morgan fingerprint density at radius 2 is 2.23 bits per heavy atom. The van der Waals surface area contributed by atoms with Crippen LogP contribution in [0.5, 0.6) is 0 Å². The number of nitrogen functional groups attached to an aromatic ring is 1. The Morgan fingerprint density at radius 1 is 1.54 bits per heavy atom. The Kier molecular flexibility index (Phi) is 3.79. The highest BCUT2D eigenvalue weighted by Crippen LogP contribution is 2.21. The molecule has 0 saturated heterocycles. The van der Waals surface area contributed by atoms with E-state index in [0.717, 1.165) is 10.6 Å². The van der Waals surface area contributed by atoms with Gasteiger partial charge in [0.2, 0.25) is 0 Å². The first-order valence-corrected chi connectivity index (χ1v) is 5.01. The zero-order valence-electron chi connectivity index (χ0n) is 7.41. The van der Waals surface area contributed by atoms with Crippen LogP contribution in [0.2, 0.25) is 0 Å². The van der Waals surface area contributed by atoms with E-state index in [2.05, 4.69) is 5.43 Å². The molecule has 0 heterocycles. The van der Waals surface area contributed by atoms with Crippen molar-refractivity contribution in [1.29, 1.82) is 0 Å². The van der Waals surface area contributed by atoms with Crippen molar-refractivity contribution in [1.82, 2.24) is 5.43 Å². The molecule has 13 heavy (non-hydrogen) atoms. The number of amides is 1. The zero-order valence-corrected chi connectivity index (χ0v) is 8.23. The highest BCUT2D eigenvalue weighted by atomic mass is 32.2. The van der Waals surface area contributed by atoms with Crippen LogP contribution in [0.25, 0.3) is 0 Å². The van der Waals surface area contributed by atoms with Crippen LogP contribution < -0.4 is 11.3 Å². The molecule has 0 fully saturated rings. The number of hydrazine groups is 1. The van der Waals surface area contributed by atoms with Crippen molar-refractivity contribution in [2.75, 3.05) is 5.75 Å². The minimum absolute atomic E-state index is 0.239. The summed E-state index contributed by atoms with van der Waals surface area (Å²) in [6, 6.07) is 7.41. The molecule has 3 N–H and O–H groups in total. The SMILES string of the molecule is CCSc1ccccc1C(=O)NN. The molecule has 0 aliphatic carbocycles. The third kappa shape index (κ3) is 2.47. The third-order valence-electron chi connectivity index (χ3n) is 1.56. The molecule has 0 radical (unpaired) electrons. The Hall–Kier alpha value is -1.00. The molecule has 1 aromatic rings. The second-order valence-corrected chi connectivity index (χ2v) is 3.71. The van der Waals surface area contributed by atoms with Crippen LogP contribution in [-0.4, -0.2) is 11.7 Å². The van der Waals surface area contributed by atoms with Crippen LogP contribution in [-0.2, 0) is 0 Å². The predicted molar refractivity (Wildman–Crippen MR) is 54.5 cm³/mol. The van der Waals surface area contributed by atoms with Crippen LogP contribution in [0.15, 0.2) is 29.2 Å². The largest absolute Gasteiger partial charge is 0.290 e. The third-order valence-corrected chi connectivity index (χ3v) is 2.52. The quantitative estimate of drug-likeness (QED) is 0.332. The molecular weight excluding hydrogens is 184 g/mol. The molecule has 4 heteroatoms. The molecule has 0 bridgehead atoms. The minimum Gasteiger partial charge on any atom is -0.290 e. The van der Waals surface area contributed by atoms with E-state index in [0.29, 0.717) is 5.56 Å². The van der Waals surface area contributed by atoms with E-state index in [1.165, 1.54) is 0 Å². The van der Waals surface area contributed by atoms with Crippen molar-refractivity contribution >= 4 is 17.7 Å². The van der Waals surface area contributed by atoms with E-state index in [1.807, 2.05) is 25.1 Å². The highest BCUT2D eigenvalue weighted by Gasteiger charge is 2.08. The molecule has 0 aromatic heterocycles. The van der Waals surface area contributed by atoms with Crippen molar-refractivity contribution in [3.8, 4) is 0 Å². The fourth-order valence-electron chi connectivity index (χ4n) is 1.01. The monoisotopic (exact) mass is 196 g/mol. The Balaban J connectivity index is 2.97. The first kappa shape index (κ1) is 10.1. The van der Waals surface area contributed by atoms with Gasteiger partial charge in [0.05, 0.1) is 5.56 Å². The molecule has 1 amide bonds. The number of nitrogens with one attached hydrogen (secondary N) is 1. The van der Waals surface area contributed by atoms with Crippen LogP contribution in [0.3, 0.4) is 0 Å². The van der Waals surface area contributed by atoms with E-state index < -0.39 is 0 Å². The molecule has 0 aliphatic rings. The second-order valence-electron chi connectivity index (χ2n) is 2.40. The van der Waals surface area contributed by atoms with E-state index >= 15 is 0 Å². The molecule has 1 aromatic carbocycles. The second kappa shape index (κ2) is 4.89. The number of nitrogens with two attached hydrogens (primary N) is 1. The van der Waals surface area contributed by atoms with Crippen molar-refractivity contribution in [3.05, 3.63) is 29.8 Å². The summed E-state index contributed by atoms with van der Waals surface area (Å²) in [7, 11) is 0. The molecule has 0 atom stereocenters. The smallest absolute Gasteiger partial charge is 0.266 e. The first-order chi connectivity index (χ1) is 6.29. The number of rotatable bonds is 3. The van der Waals surface area contributed by atoms with Crippen molar-refractivity contribution in [2.24, 2.45) is 5.84 Å². The first-order valence-electron chi connectivity index (χ1n) is 4.02. The fourth-order valence-corrected chi connectivity index (χ4v) is 1.82. The van der Waals surface area contributed by atoms with Gasteiger partial charge in [-0.1, -0.05) is 19.1 Å². The maximum absolute atomic E-state index is 11.3. The van der Waals surface area contributed by atoms with Gasteiger partial charge in [0.1, 0.15) is 0 Å². The Labute approximate surface area is 81.7 Å². The van der Waals surface area contributed by atoms with E-state index in [1.54, 1.807) is 17.8 Å². The summed E-state index contributed by atoms with van der Waals surface area (Å²) in [5, 5.41) is 0. The van der Waals surface area contributed by atoms with Gasteiger partial charge >= 0.3 is 0 Å². The van der Waals surface area contributed by atoms with Gasteiger partial charge in [0.15, 0.2) is 0 Å². The minimum atomic E-state index is -0.239. The lowest BCUT2D eigenvalue weighted by atomic mass is 10.2. The summed E-state index contributed by atoms with van der Waals surface area (Å²) in [5.74, 6) is 5.76. The molecule has 1 rings (SSSR count). The number of benzene rings is 1. The van der Waals surface area contributed by atoms with Crippen LogP contribution >= 0.6 is 11.8 Å². The number of carbonyl (C=O) groups is 1. The Bertz CT molecular complexity index is 301. The molecular formula is C9H12N2OS. The summed E-state index contributed by atoms with van der Waals surface area (Å²) in [6.45, 7) is 2.04. The normalized spacial score (nSPS) is 9.69. The number of hydrogen-bond acceptors (Lipinski definition) is 3. The maximum atomic E-state index is 11.3.